The summed E-state index contributed by atoms with van der Waals surface area (Å²) < 4.78 is 0. The number of hydrogen-bond donors (Lipinski definition) is 0. The molecular weight excluding hydrogens is 302 g/mol. The minimum absolute atomic E-state index is 0.176. The number of nitrogens with zero attached hydrogens (tertiary/aromatic N) is 5. The normalized spacial score (nSPS) is 20.3. The van der Waals surface area contributed by atoms with Gasteiger partial charge in [-0.05, 0) is 18.8 Å². The van der Waals surface area contributed by atoms with E-state index < -0.39 is 0 Å². The van der Waals surface area contributed by atoms with Crippen LogP contribution in [0.3, 0.4) is 0 Å². The fraction of sp³-hybridized carbons (Fsp3) is 0.722. The van der Waals surface area contributed by atoms with Gasteiger partial charge in [-0.1, -0.05) is 13.8 Å². The van der Waals surface area contributed by atoms with Crippen LogP contribution in [0.1, 0.15) is 33.1 Å². The Morgan fingerprint density at radius 1 is 1.25 bits per heavy atom. The molecule has 0 unspecified atom stereocenters. The quantitative estimate of drug-likeness (QED) is 0.845. The largest absolute Gasteiger partial charge is 0.361 e. The number of aromatic nitrogens is 2. The van der Waals surface area contributed by atoms with Gasteiger partial charge in [0.2, 0.25) is 5.91 Å². The summed E-state index contributed by atoms with van der Waals surface area (Å²) in [5.41, 5.74) is 0.176. The van der Waals surface area contributed by atoms with Crippen LogP contribution in [0.4, 0.5) is 11.6 Å². The highest BCUT2D eigenvalue weighted by Crippen LogP contribution is 2.41. The van der Waals surface area contributed by atoms with Crippen LogP contribution in [0.15, 0.2) is 12.4 Å². The molecule has 0 N–H and O–H groups in total. The summed E-state index contributed by atoms with van der Waals surface area (Å²) in [7, 11) is 3.96. The number of rotatable bonds is 4. The van der Waals surface area contributed by atoms with E-state index in [-0.39, 0.29) is 5.41 Å². The third-order valence-electron chi connectivity index (χ3n) is 5.21. The molecule has 6 nitrogen and oxygen atoms in total. The Morgan fingerprint density at radius 3 is 2.58 bits per heavy atom. The number of hydrogen-bond acceptors (Lipinski definition) is 5. The second-order valence-corrected chi connectivity index (χ2v) is 7.96. The van der Waals surface area contributed by atoms with Crippen LogP contribution in [0.25, 0.3) is 0 Å². The molecule has 0 aliphatic carbocycles. The maximum Gasteiger partial charge on any atom is 0.223 e. The highest BCUT2D eigenvalue weighted by atomic mass is 16.2. The van der Waals surface area contributed by atoms with Crippen molar-refractivity contribution in [2.75, 3.05) is 50.1 Å². The lowest BCUT2D eigenvalue weighted by molar-refractivity contribution is -0.128. The standard InChI is InChI=1S/C18H29N5O/c1-14(2)12-23-13-18(9-17(23)24)5-7-22(8-6-18)16-11-19-10-15(20-16)21(3)4/h10-11,14H,5-9,12-13H2,1-4H3. The number of piperidine rings is 1. The minimum Gasteiger partial charge on any atom is -0.361 e. The second kappa shape index (κ2) is 6.57. The monoisotopic (exact) mass is 331 g/mol. The predicted molar refractivity (Wildman–Crippen MR) is 96.3 cm³/mol. The van der Waals surface area contributed by atoms with Gasteiger partial charge in [0.15, 0.2) is 0 Å². The van der Waals surface area contributed by atoms with Crippen LogP contribution >= 0.6 is 0 Å². The van der Waals surface area contributed by atoms with Gasteiger partial charge in [-0.3, -0.25) is 9.78 Å². The van der Waals surface area contributed by atoms with Gasteiger partial charge in [0.05, 0.1) is 12.4 Å². The zero-order valence-corrected chi connectivity index (χ0v) is 15.3. The molecule has 0 aromatic carbocycles. The fourth-order valence-corrected chi connectivity index (χ4v) is 3.85. The van der Waals surface area contributed by atoms with Gasteiger partial charge in [0, 0.05) is 52.1 Å². The van der Waals surface area contributed by atoms with Gasteiger partial charge in [-0.15, -0.1) is 0 Å². The lowest BCUT2D eigenvalue weighted by Crippen LogP contribution is -2.42. The minimum atomic E-state index is 0.176. The molecule has 132 valence electrons. The van der Waals surface area contributed by atoms with Gasteiger partial charge >= 0.3 is 0 Å². The van der Waals surface area contributed by atoms with Gasteiger partial charge < -0.3 is 14.7 Å². The van der Waals surface area contributed by atoms with Crippen LogP contribution in [-0.4, -0.2) is 61.0 Å². The molecule has 2 fully saturated rings. The Hall–Kier alpha value is -1.85. The van der Waals surface area contributed by atoms with E-state index in [9.17, 15) is 4.79 Å². The number of amides is 1. The summed E-state index contributed by atoms with van der Waals surface area (Å²) >= 11 is 0. The topological polar surface area (TPSA) is 52.6 Å². The van der Waals surface area contributed by atoms with Crippen molar-refractivity contribution in [3.63, 3.8) is 0 Å². The summed E-state index contributed by atoms with van der Waals surface area (Å²) in [5, 5.41) is 0. The molecule has 1 aromatic heterocycles. The van der Waals surface area contributed by atoms with E-state index in [0.717, 1.165) is 57.1 Å². The van der Waals surface area contributed by atoms with E-state index in [1.165, 1.54) is 0 Å². The second-order valence-electron chi connectivity index (χ2n) is 7.96. The van der Waals surface area contributed by atoms with Crippen molar-refractivity contribution < 1.29 is 4.79 Å². The lowest BCUT2D eigenvalue weighted by atomic mass is 9.77. The molecule has 3 rings (SSSR count). The van der Waals surface area contributed by atoms with Crippen molar-refractivity contribution >= 4 is 17.5 Å². The van der Waals surface area contributed by atoms with Crippen molar-refractivity contribution in [2.24, 2.45) is 11.3 Å². The summed E-state index contributed by atoms with van der Waals surface area (Å²) in [6.07, 6.45) is 6.46. The molecule has 1 amide bonds. The fourth-order valence-electron chi connectivity index (χ4n) is 3.85. The summed E-state index contributed by atoms with van der Waals surface area (Å²) in [6, 6.07) is 0. The smallest absolute Gasteiger partial charge is 0.223 e. The maximum atomic E-state index is 12.3. The highest BCUT2D eigenvalue weighted by molar-refractivity contribution is 5.79. The first-order valence-corrected chi connectivity index (χ1v) is 8.91. The number of carbonyl (C=O) groups is 1. The molecule has 2 aliphatic heterocycles. The Kier molecular flexibility index (Phi) is 4.65. The number of anilines is 2. The van der Waals surface area contributed by atoms with E-state index in [1.54, 1.807) is 6.20 Å². The Balaban J connectivity index is 1.64. The van der Waals surface area contributed by atoms with E-state index in [2.05, 4.69) is 28.6 Å². The average Bonchev–Trinajstić information content (AvgIpc) is 2.83. The Labute approximate surface area is 144 Å². The molecule has 2 saturated heterocycles. The molecule has 24 heavy (non-hydrogen) atoms. The van der Waals surface area contributed by atoms with E-state index in [4.69, 9.17) is 4.98 Å². The number of likely N-dealkylation sites (tertiary alicyclic amines) is 1. The molecule has 3 heterocycles. The summed E-state index contributed by atoms with van der Waals surface area (Å²) in [6.45, 7) is 8.08. The molecule has 1 aromatic rings. The molecule has 0 bridgehead atoms. The van der Waals surface area contributed by atoms with Crippen molar-refractivity contribution in [1.29, 1.82) is 0 Å². The van der Waals surface area contributed by atoms with Crippen molar-refractivity contribution in [3.05, 3.63) is 12.4 Å². The van der Waals surface area contributed by atoms with Crippen LogP contribution in [0, 0.1) is 11.3 Å². The zero-order chi connectivity index (χ0) is 17.3. The summed E-state index contributed by atoms with van der Waals surface area (Å²) in [5.74, 6) is 2.70. The van der Waals surface area contributed by atoms with E-state index in [1.807, 2.05) is 25.2 Å². The molecule has 0 saturated carbocycles. The van der Waals surface area contributed by atoms with Crippen molar-refractivity contribution in [1.82, 2.24) is 14.9 Å². The van der Waals surface area contributed by atoms with Crippen LogP contribution in [0.5, 0.6) is 0 Å². The molecule has 6 heteroatoms. The average molecular weight is 331 g/mol. The Morgan fingerprint density at radius 2 is 1.96 bits per heavy atom. The molecule has 0 radical (unpaired) electrons. The zero-order valence-electron chi connectivity index (χ0n) is 15.3. The van der Waals surface area contributed by atoms with Crippen LogP contribution in [0.2, 0.25) is 0 Å². The lowest BCUT2D eigenvalue weighted by Gasteiger charge is -2.39. The van der Waals surface area contributed by atoms with Crippen molar-refractivity contribution in [3.8, 4) is 0 Å². The first-order chi connectivity index (χ1) is 11.4. The van der Waals surface area contributed by atoms with E-state index >= 15 is 0 Å². The molecule has 1 spiro atoms. The van der Waals surface area contributed by atoms with Crippen LogP contribution < -0.4 is 9.80 Å². The van der Waals surface area contributed by atoms with Crippen molar-refractivity contribution in [2.45, 2.75) is 33.1 Å². The first kappa shape index (κ1) is 17.0. The van der Waals surface area contributed by atoms with E-state index in [0.29, 0.717) is 11.8 Å². The SMILES string of the molecule is CC(C)CN1CC2(CCN(c3cncc(N(C)C)n3)CC2)CC1=O. The highest BCUT2D eigenvalue weighted by Gasteiger charge is 2.44. The third kappa shape index (κ3) is 3.47. The molecule has 2 aliphatic rings. The van der Waals surface area contributed by atoms with Gasteiger partial charge in [-0.2, -0.15) is 0 Å². The van der Waals surface area contributed by atoms with Crippen LogP contribution in [-0.2, 0) is 4.79 Å². The maximum absolute atomic E-state index is 12.3. The number of carbonyl (C=O) groups excluding carboxylic acids is 1. The third-order valence-corrected chi connectivity index (χ3v) is 5.21. The Bertz CT molecular complexity index is 593. The summed E-state index contributed by atoms with van der Waals surface area (Å²) in [4.78, 5) is 27.7. The van der Waals surface area contributed by atoms with Gasteiger partial charge in [-0.25, -0.2) is 4.98 Å². The van der Waals surface area contributed by atoms with Gasteiger partial charge in [0.25, 0.3) is 0 Å². The first-order valence-electron chi connectivity index (χ1n) is 8.91. The predicted octanol–water partition coefficient (Wildman–Crippen LogP) is 2.02. The molecule has 0 atom stereocenters. The van der Waals surface area contributed by atoms with Gasteiger partial charge in [0.1, 0.15) is 11.6 Å². The molecular formula is C18H29N5O.